The fraction of sp³-hybridized carbons (Fsp3) is 0.125. The predicted octanol–water partition coefficient (Wildman–Crippen LogP) is 1.88. The minimum Gasteiger partial charge on any atom is -0.448 e. The SMILES string of the molecule is [CH2+]c1cc(C)ccc1O.[Ti]. The van der Waals surface area contributed by atoms with E-state index in [9.17, 15) is 0 Å². The summed E-state index contributed by atoms with van der Waals surface area (Å²) in [7, 11) is 0. The van der Waals surface area contributed by atoms with Gasteiger partial charge in [-0.2, -0.15) is 0 Å². The maximum Gasteiger partial charge on any atom is 0.228 e. The van der Waals surface area contributed by atoms with Crippen molar-refractivity contribution >= 4 is 0 Å². The van der Waals surface area contributed by atoms with Gasteiger partial charge in [-0.3, -0.25) is 0 Å². The fourth-order valence-electron chi connectivity index (χ4n) is 0.714. The van der Waals surface area contributed by atoms with E-state index in [0.29, 0.717) is 5.56 Å². The molecular weight excluding hydrogens is 160 g/mol. The summed E-state index contributed by atoms with van der Waals surface area (Å²) in [5.41, 5.74) is 1.81. The van der Waals surface area contributed by atoms with Crippen molar-refractivity contribution in [1.82, 2.24) is 0 Å². The van der Waals surface area contributed by atoms with Gasteiger partial charge in [0.1, 0.15) is 0 Å². The molecule has 1 aromatic carbocycles. The Bertz CT molecular complexity index is 220. The molecule has 0 spiro atoms. The first kappa shape index (κ1) is 9.60. The molecule has 0 saturated heterocycles. The number of benzene rings is 1. The van der Waals surface area contributed by atoms with Crippen molar-refractivity contribution in [2.24, 2.45) is 0 Å². The second-order valence-corrected chi connectivity index (χ2v) is 2.13. The normalized spacial score (nSPS) is 8.50. The summed E-state index contributed by atoms with van der Waals surface area (Å²) in [4.78, 5) is 0. The largest absolute Gasteiger partial charge is 0.448 e. The molecule has 50 valence electrons. The number of phenols is 1. The molecule has 0 unspecified atom stereocenters. The first-order valence-corrected chi connectivity index (χ1v) is 2.82. The Balaban J connectivity index is 0.000000810. The smallest absolute Gasteiger partial charge is 0.228 e. The van der Waals surface area contributed by atoms with Gasteiger partial charge in [0, 0.05) is 40.3 Å². The van der Waals surface area contributed by atoms with Gasteiger partial charge in [0.15, 0.2) is 5.56 Å². The first-order chi connectivity index (χ1) is 4.20. The van der Waals surface area contributed by atoms with E-state index < -0.39 is 0 Å². The number of hydrogen-bond acceptors (Lipinski definition) is 1. The standard InChI is InChI=1S/C8H8O.Ti/c1-6-3-4-8(9)7(2)5-6;/h3-5H,2H2,1H3;/p+1. The Kier molecular flexibility index (Phi) is 3.55. The van der Waals surface area contributed by atoms with Crippen molar-refractivity contribution < 1.29 is 26.8 Å². The molecule has 0 aliphatic rings. The van der Waals surface area contributed by atoms with E-state index in [1.807, 2.05) is 19.1 Å². The molecule has 1 N–H and O–H groups in total. The van der Waals surface area contributed by atoms with Crippen LogP contribution >= 0.6 is 0 Å². The molecule has 1 aromatic rings. The minimum absolute atomic E-state index is 0. The van der Waals surface area contributed by atoms with Crippen LogP contribution in [0.4, 0.5) is 0 Å². The third-order valence-electron chi connectivity index (χ3n) is 1.23. The van der Waals surface area contributed by atoms with Crippen LogP contribution in [0.3, 0.4) is 0 Å². The number of rotatable bonds is 0. The van der Waals surface area contributed by atoms with Crippen LogP contribution in [0.15, 0.2) is 18.2 Å². The molecule has 1 rings (SSSR count). The zero-order valence-corrected chi connectivity index (χ0v) is 7.45. The molecule has 0 aliphatic heterocycles. The summed E-state index contributed by atoms with van der Waals surface area (Å²) in [5.74, 6) is 0.264. The van der Waals surface area contributed by atoms with Crippen molar-refractivity contribution in [2.75, 3.05) is 0 Å². The molecule has 0 fully saturated rings. The third-order valence-corrected chi connectivity index (χ3v) is 1.23. The molecule has 2 heteroatoms. The fourth-order valence-corrected chi connectivity index (χ4v) is 0.714. The van der Waals surface area contributed by atoms with E-state index in [-0.39, 0.29) is 27.5 Å². The summed E-state index contributed by atoms with van der Waals surface area (Å²) < 4.78 is 0. The number of aryl methyl sites for hydroxylation is 1. The Morgan fingerprint density at radius 2 is 2.00 bits per heavy atom. The van der Waals surface area contributed by atoms with E-state index in [1.54, 1.807) is 6.07 Å². The van der Waals surface area contributed by atoms with Gasteiger partial charge >= 0.3 is 0 Å². The van der Waals surface area contributed by atoms with E-state index in [2.05, 4.69) is 6.92 Å². The molecule has 0 amide bonds. The van der Waals surface area contributed by atoms with Crippen molar-refractivity contribution in [3.8, 4) is 5.75 Å². The minimum atomic E-state index is 0. The van der Waals surface area contributed by atoms with Gasteiger partial charge in [-0.15, -0.1) is 0 Å². The van der Waals surface area contributed by atoms with Gasteiger partial charge in [0.05, 0.1) is 6.07 Å². The summed E-state index contributed by atoms with van der Waals surface area (Å²) in [6.07, 6.45) is 0. The zero-order chi connectivity index (χ0) is 6.85. The molecule has 0 saturated carbocycles. The average molecular weight is 169 g/mol. The molecule has 0 radical (unpaired) electrons. The molecule has 10 heavy (non-hydrogen) atoms. The monoisotopic (exact) mass is 169 g/mol. The van der Waals surface area contributed by atoms with Gasteiger partial charge in [0.2, 0.25) is 5.75 Å². The molecular formula is C8H9OTi+. The van der Waals surface area contributed by atoms with Crippen LogP contribution in [0.1, 0.15) is 11.1 Å². The van der Waals surface area contributed by atoms with Crippen LogP contribution in [0, 0.1) is 13.8 Å². The molecule has 0 heterocycles. The van der Waals surface area contributed by atoms with E-state index in [0.717, 1.165) is 5.56 Å². The summed E-state index contributed by atoms with van der Waals surface area (Å²) in [6, 6.07) is 5.34. The number of phenolic OH excluding ortho intramolecular Hbond substituents is 1. The second kappa shape index (κ2) is 3.69. The van der Waals surface area contributed by atoms with Crippen LogP contribution in [0.2, 0.25) is 0 Å². The summed E-state index contributed by atoms with van der Waals surface area (Å²) in [5, 5.41) is 8.98. The van der Waals surface area contributed by atoms with E-state index in [4.69, 9.17) is 5.11 Å². The van der Waals surface area contributed by atoms with Crippen molar-refractivity contribution in [3.05, 3.63) is 36.2 Å². The van der Waals surface area contributed by atoms with Crippen LogP contribution in [0.25, 0.3) is 0 Å². The first-order valence-electron chi connectivity index (χ1n) is 2.82. The van der Waals surface area contributed by atoms with Gasteiger partial charge in [-0.25, -0.2) is 0 Å². The van der Waals surface area contributed by atoms with Crippen LogP contribution in [-0.2, 0) is 21.7 Å². The summed E-state index contributed by atoms with van der Waals surface area (Å²) >= 11 is 0. The number of aromatic hydroxyl groups is 1. The molecule has 0 aliphatic carbocycles. The average Bonchev–Trinajstić information content (AvgIpc) is 1.80. The van der Waals surface area contributed by atoms with Gasteiger partial charge in [-0.05, 0) is 13.0 Å². The van der Waals surface area contributed by atoms with Crippen LogP contribution in [0.5, 0.6) is 5.75 Å². The maximum atomic E-state index is 8.98. The van der Waals surface area contributed by atoms with Gasteiger partial charge in [0.25, 0.3) is 0 Å². The second-order valence-electron chi connectivity index (χ2n) is 2.13. The molecule has 0 aromatic heterocycles. The van der Waals surface area contributed by atoms with Gasteiger partial charge < -0.3 is 5.11 Å². The predicted molar refractivity (Wildman–Crippen MR) is 37.3 cm³/mol. The summed E-state index contributed by atoms with van der Waals surface area (Å²) in [6.45, 7) is 5.60. The van der Waals surface area contributed by atoms with Crippen molar-refractivity contribution in [2.45, 2.75) is 6.92 Å². The van der Waals surface area contributed by atoms with Crippen molar-refractivity contribution in [1.29, 1.82) is 0 Å². The van der Waals surface area contributed by atoms with E-state index >= 15 is 0 Å². The third kappa shape index (κ3) is 2.09. The van der Waals surface area contributed by atoms with Crippen LogP contribution in [-0.4, -0.2) is 5.11 Å². The maximum absolute atomic E-state index is 8.98. The Labute approximate surface area is 76.0 Å². The molecule has 1 nitrogen and oxygen atoms in total. The van der Waals surface area contributed by atoms with Crippen LogP contribution < -0.4 is 0 Å². The molecule has 0 atom stereocenters. The Morgan fingerprint density at radius 3 is 2.40 bits per heavy atom. The Morgan fingerprint density at radius 1 is 1.40 bits per heavy atom. The number of hydrogen-bond donors (Lipinski definition) is 1. The van der Waals surface area contributed by atoms with E-state index in [1.165, 1.54) is 0 Å². The zero-order valence-electron chi connectivity index (χ0n) is 5.89. The van der Waals surface area contributed by atoms with Gasteiger partial charge in [-0.1, -0.05) is 0 Å². The quantitative estimate of drug-likeness (QED) is 0.464. The van der Waals surface area contributed by atoms with Crippen molar-refractivity contribution in [3.63, 3.8) is 0 Å². The topological polar surface area (TPSA) is 20.2 Å². The molecule has 0 bridgehead atoms. The Hall–Kier alpha value is -0.396.